The molecule has 128 valence electrons. The quantitative estimate of drug-likeness (QED) is 0.660. The van der Waals surface area contributed by atoms with Gasteiger partial charge in [0.15, 0.2) is 0 Å². The molecule has 2 rings (SSSR count). The highest BCUT2D eigenvalue weighted by molar-refractivity contribution is 7.90. The van der Waals surface area contributed by atoms with Crippen molar-refractivity contribution in [1.82, 2.24) is 19.7 Å². The van der Waals surface area contributed by atoms with Gasteiger partial charge in [0.25, 0.3) is 10.0 Å². The number of ether oxygens (including phenoxy) is 1. The molecule has 0 saturated carbocycles. The first-order chi connectivity index (χ1) is 11.2. The van der Waals surface area contributed by atoms with Crippen LogP contribution in [0.3, 0.4) is 0 Å². The molecule has 2 aromatic heterocycles. The molecule has 0 radical (unpaired) electrons. The summed E-state index contributed by atoms with van der Waals surface area (Å²) in [5, 5.41) is 11.0. The second kappa shape index (κ2) is 6.49. The second-order valence-corrected chi connectivity index (χ2v) is 5.86. The number of hydrogen-bond donors (Lipinski definition) is 3. The van der Waals surface area contributed by atoms with Crippen LogP contribution < -0.4 is 14.8 Å². The molecular weight excluding hydrogens is 346 g/mol. The van der Waals surface area contributed by atoms with Gasteiger partial charge in [0, 0.05) is 0 Å². The molecule has 0 spiro atoms. The minimum Gasteiger partial charge on any atom is -0.478 e. The molecule has 2 heterocycles. The summed E-state index contributed by atoms with van der Waals surface area (Å²) in [5.41, 5.74) is -0.618. The van der Waals surface area contributed by atoms with Crippen LogP contribution in [0.2, 0.25) is 0 Å². The Morgan fingerprint density at radius 2 is 1.96 bits per heavy atom. The van der Waals surface area contributed by atoms with Crippen molar-refractivity contribution in [2.75, 3.05) is 12.4 Å². The fourth-order valence-electron chi connectivity index (χ4n) is 1.56. The summed E-state index contributed by atoms with van der Waals surface area (Å²) in [6, 6.07) is -1.29. The van der Waals surface area contributed by atoms with Crippen molar-refractivity contribution in [2.45, 2.75) is 11.8 Å². The Kier molecular flexibility index (Phi) is 4.64. The Balaban J connectivity index is 2.18. The molecule has 0 aliphatic rings. The number of hydrogen-bond acceptors (Lipinski definition) is 9. The van der Waals surface area contributed by atoms with Gasteiger partial charge in [0.2, 0.25) is 5.95 Å². The third-order valence-corrected chi connectivity index (χ3v) is 3.86. The Labute approximate surface area is 134 Å². The van der Waals surface area contributed by atoms with Crippen LogP contribution in [-0.2, 0) is 10.0 Å². The number of aromatic carboxylic acids is 1. The van der Waals surface area contributed by atoms with E-state index in [1.54, 1.807) is 4.72 Å². The molecular formula is C11H11N5O7S. The first kappa shape index (κ1) is 17.1. The van der Waals surface area contributed by atoms with E-state index in [9.17, 15) is 18.0 Å². The van der Waals surface area contributed by atoms with Crippen molar-refractivity contribution in [3.05, 3.63) is 23.9 Å². The maximum absolute atomic E-state index is 12.0. The fraction of sp³-hybridized carbons (Fsp3) is 0.182. The summed E-state index contributed by atoms with van der Waals surface area (Å²) in [5.74, 6) is -1.55. The fourth-order valence-corrected chi connectivity index (χ4v) is 2.57. The maximum atomic E-state index is 12.0. The SMILES string of the molecule is COc1nc(C)nc(NC(=O)NS(=O)(=O)c2cocc2C(=O)O)n1. The predicted molar refractivity (Wildman–Crippen MR) is 76.1 cm³/mol. The van der Waals surface area contributed by atoms with E-state index in [1.807, 2.05) is 0 Å². The average molecular weight is 357 g/mol. The number of methoxy groups -OCH3 is 1. The van der Waals surface area contributed by atoms with Gasteiger partial charge in [0.05, 0.1) is 7.11 Å². The summed E-state index contributed by atoms with van der Waals surface area (Å²) in [7, 11) is -3.18. The van der Waals surface area contributed by atoms with Crippen molar-refractivity contribution in [3.8, 4) is 6.01 Å². The van der Waals surface area contributed by atoms with E-state index in [0.29, 0.717) is 6.26 Å². The Morgan fingerprint density at radius 3 is 2.58 bits per heavy atom. The van der Waals surface area contributed by atoms with Crippen LogP contribution in [0.25, 0.3) is 0 Å². The number of carboxylic acids is 1. The molecule has 2 aromatic rings. The topological polar surface area (TPSA) is 174 Å². The smallest absolute Gasteiger partial charge is 0.340 e. The molecule has 12 nitrogen and oxygen atoms in total. The molecule has 0 fully saturated rings. The van der Waals surface area contributed by atoms with Crippen LogP contribution in [0, 0.1) is 6.92 Å². The third kappa shape index (κ3) is 3.75. The Morgan fingerprint density at radius 1 is 1.25 bits per heavy atom. The summed E-state index contributed by atoms with van der Waals surface area (Å²) in [6.45, 7) is 1.51. The van der Waals surface area contributed by atoms with Crippen LogP contribution in [0.1, 0.15) is 16.2 Å². The van der Waals surface area contributed by atoms with E-state index in [1.165, 1.54) is 14.0 Å². The predicted octanol–water partition coefficient (Wildman–Crippen LogP) is -0.00978. The third-order valence-electron chi connectivity index (χ3n) is 2.51. The number of rotatable bonds is 5. The van der Waals surface area contributed by atoms with Gasteiger partial charge in [-0.1, -0.05) is 0 Å². The number of nitrogens with zero attached hydrogens (tertiary/aromatic N) is 3. The first-order valence-corrected chi connectivity index (χ1v) is 7.61. The number of nitrogens with one attached hydrogen (secondary N) is 2. The highest BCUT2D eigenvalue weighted by Crippen LogP contribution is 2.17. The number of anilines is 1. The Bertz CT molecular complexity index is 892. The van der Waals surface area contributed by atoms with Crippen molar-refractivity contribution in [3.63, 3.8) is 0 Å². The van der Waals surface area contributed by atoms with Gasteiger partial charge < -0.3 is 14.3 Å². The van der Waals surface area contributed by atoms with E-state index >= 15 is 0 Å². The van der Waals surface area contributed by atoms with Crippen LogP contribution >= 0.6 is 0 Å². The number of carbonyl (C=O) groups is 2. The maximum Gasteiger partial charge on any atom is 0.340 e. The molecule has 0 aliphatic heterocycles. The van der Waals surface area contributed by atoms with Crippen LogP contribution in [-0.4, -0.2) is 47.6 Å². The zero-order valence-corrected chi connectivity index (χ0v) is 13.1. The molecule has 0 unspecified atom stereocenters. The summed E-state index contributed by atoms with van der Waals surface area (Å²) in [6.07, 6.45) is 1.42. The monoisotopic (exact) mass is 357 g/mol. The number of aromatic nitrogens is 3. The zero-order valence-electron chi connectivity index (χ0n) is 12.3. The van der Waals surface area contributed by atoms with E-state index in [0.717, 1.165) is 6.26 Å². The summed E-state index contributed by atoms with van der Waals surface area (Å²) < 4.78 is 35.0. The van der Waals surface area contributed by atoms with Crippen LogP contribution in [0.4, 0.5) is 10.7 Å². The Hall–Kier alpha value is -3.22. The van der Waals surface area contributed by atoms with E-state index in [4.69, 9.17) is 9.84 Å². The molecule has 2 amide bonds. The number of amides is 2. The standard InChI is InChI=1S/C11H11N5O7S/c1-5-12-9(15-11(13-5)22-2)14-10(19)16-24(20,21)7-4-23-3-6(7)8(17)18/h3-4H,1-2H3,(H,17,18)(H2,12,13,14,15,16,19). The lowest BCUT2D eigenvalue weighted by Crippen LogP contribution is -2.35. The first-order valence-electron chi connectivity index (χ1n) is 6.13. The zero-order chi connectivity index (χ0) is 17.9. The summed E-state index contributed by atoms with van der Waals surface area (Å²) in [4.78, 5) is 33.3. The van der Waals surface area contributed by atoms with Gasteiger partial charge in [0.1, 0.15) is 28.8 Å². The second-order valence-electron chi connectivity index (χ2n) is 4.21. The lowest BCUT2D eigenvalue weighted by molar-refractivity contribution is 0.0692. The number of furan rings is 1. The minimum absolute atomic E-state index is 0.0799. The van der Waals surface area contributed by atoms with Gasteiger partial charge >= 0.3 is 18.0 Å². The van der Waals surface area contributed by atoms with Crippen LogP contribution in [0.5, 0.6) is 6.01 Å². The van der Waals surface area contributed by atoms with Gasteiger partial charge in [-0.3, -0.25) is 5.32 Å². The van der Waals surface area contributed by atoms with Crippen molar-refractivity contribution in [1.29, 1.82) is 0 Å². The number of carbonyl (C=O) groups excluding carboxylic acids is 1. The van der Waals surface area contributed by atoms with Gasteiger partial charge in [-0.15, -0.1) is 0 Å². The number of aryl methyl sites for hydroxylation is 1. The highest BCUT2D eigenvalue weighted by Gasteiger charge is 2.27. The largest absolute Gasteiger partial charge is 0.478 e. The van der Waals surface area contributed by atoms with Crippen molar-refractivity contribution in [2.24, 2.45) is 0 Å². The normalized spacial score (nSPS) is 10.9. The number of urea groups is 1. The van der Waals surface area contributed by atoms with E-state index in [-0.39, 0.29) is 17.8 Å². The molecule has 0 atom stereocenters. The van der Waals surface area contributed by atoms with Crippen LogP contribution in [0.15, 0.2) is 21.8 Å². The molecule has 3 N–H and O–H groups in total. The molecule has 24 heavy (non-hydrogen) atoms. The van der Waals surface area contributed by atoms with Crippen molar-refractivity contribution < 1.29 is 32.3 Å². The van der Waals surface area contributed by atoms with Gasteiger partial charge in [-0.25, -0.2) is 22.7 Å². The minimum atomic E-state index is -4.48. The molecule has 0 aromatic carbocycles. The summed E-state index contributed by atoms with van der Waals surface area (Å²) >= 11 is 0. The molecule has 0 bridgehead atoms. The number of sulfonamides is 1. The van der Waals surface area contributed by atoms with E-state index < -0.39 is 32.5 Å². The van der Waals surface area contributed by atoms with Crippen molar-refractivity contribution >= 4 is 28.0 Å². The molecule has 0 saturated heterocycles. The van der Waals surface area contributed by atoms with Gasteiger partial charge in [-0.2, -0.15) is 15.0 Å². The highest BCUT2D eigenvalue weighted by atomic mass is 32.2. The average Bonchev–Trinajstić information content (AvgIpc) is 2.96. The molecule has 0 aliphatic carbocycles. The lowest BCUT2D eigenvalue weighted by Gasteiger charge is -2.08. The molecule has 13 heteroatoms. The van der Waals surface area contributed by atoms with E-state index in [2.05, 4.69) is 24.7 Å². The lowest BCUT2D eigenvalue weighted by atomic mass is 10.3. The van der Waals surface area contributed by atoms with Gasteiger partial charge in [-0.05, 0) is 6.92 Å². The number of carboxylic acid groups (broad SMARTS) is 1.